The van der Waals surface area contributed by atoms with Gasteiger partial charge in [-0.25, -0.2) is 4.79 Å². The van der Waals surface area contributed by atoms with E-state index in [4.69, 9.17) is 9.47 Å². The lowest BCUT2D eigenvalue weighted by Crippen LogP contribution is -2.31. The topological polar surface area (TPSA) is 88.4 Å². The summed E-state index contributed by atoms with van der Waals surface area (Å²) < 4.78 is 9.92. The van der Waals surface area contributed by atoms with Crippen LogP contribution in [0.4, 0.5) is 0 Å². The number of benzene rings is 2. The number of nitriles is 1. The normalized spacial score (nSPS) is 10.0. The third-order valence-corrected chi connectivity index (χ3v) is 4.45. The fourth-order valence-electron chi connectivity index (χ4n) is 2.04. The van der Waals surface area contributed by atoms with Gasteiger partial charge in [-0.15, -0.1) is 0 Å². The molecule has 0 bridgehead atoms. The maximum Gasteiger partial charge on any atom is 0.339 e. The van der Waals surface area contributed by atoms with Crippen LogP contribution < -0.4 is 5.32 Å². The van der Waals surface area contributed by atoms with Gasteiger partial charge in [0, 0.05) is 23.4 Å². The molecule has 6 nitrogen and oxygen atoms in total. The van der Waals surface area contributed by atoms with Gasteiger partial charge in [-0.1, -0.05) is 36.0 Å². The van der Waals surface area contributed by atoms with Gasteiger partial charge in [0.2, 0.25) is 0 Å². The molecule has 2 aromatic carbocycles. The highest BCUT2D eigenvalue weighted by molar-refractivity contribution is 7.99. The number of nitrogens with zero attached hydrogens (tertiary/aromatic N) is 1. The molecule has 7 heteroatoms. The van der Waals surface area contributed by atoms with E-state index >= 15 is 0 Å². The molecular weight excluding hydrogens is 352 g/mol. The highest BCUT2D eigenvalue weighted by Crippen LogP contribution is 2.32. The van der Waals surface area contributed by atoms with Crippen LogP contribution in [0, 0.1) is 11.3 Å². The SMILES string of the molecule is COCCNC(=O)COC(=O)c1ccccc1Sc1ccccc1C#N. The largest absolute Gasteiger partial charge is 0.452 e. The summed E-state index contributed by atoms with van der Waals surface area (Å²) in [5, 5.41) is 11.8. The Labute approximate surface area is 156 Å². The van der Waals surface area contributed by atoms with Crippen LogP contribution >= 0.6 is 11.8 Å². The molecule has 0 aromatic heterocycles. The molecule has 26 heavy (non-hydrogen) atoms. The van der Waals surface area contributed by atoms with Gasteiger partial charge in [0.25, 0.3) is 5.91 Å². The van der Waals surface area contributed by atoms with Crippen molar-refractivity contribution in [2.24, 2.45) is 0 Å². The Balaban J connectivity index is 2.05. The summed E-state index contributed by atoms with van der Waals surface area (Å²) >= 11 is 1.30. The number of carbonyl (C=O) groups excluding carboxylic acids is 2. The second-order valence-corrected chi connectivity index (χ2v) is 6.21. The molecule has 2 aromatic rings. The molecule has 1 N–H and O–H groups in total. The zero-order chi connectivity index (χ0) is 18.8. The van der Waals surface area contributed by atoms with Crippen molar-refractivity contribution in [2.75, 3.05) is 26.9 Å². The first-order chi connectivity index (χ1) is 12.7. The number of esters is 1. The Kier molecular flexibility index (Phi) is 7.68. The molecule has 0 unspecified atom stereocenters. The second-order valence-electron chi connectivity index (χ2n) is 5.13. The third kappa shape index (κ3) is 5.62. The van der Waals surface area contributed by atoms with E-state index in [0.717, 1.165) is 4.90 Å². The van der Waals surface area contributed by atoms with Crippen LogP contribution in [0.2, 0.25) is 0 Å². The van der Waals surface area contributed by atoms with Crippen LogP contribution in [0.1, 0.15) is 15.9 Å². The van der Waals surface area contributed by atoms with Crippen LogP contribution in [-0.4, -0.2) is 38.7 Å². The lowest BCUT2D eigenvalue weighted by atomic mass is 10.2. The number of amides is 1. The van der Waals surface area contributed by atoms with Crippen molar-refractivity contribution in [2.45, 2.75) is 9.79 Å². The van der Waals surface area contributed by atoms with Gasteiger partial charge in [-0.05, 0) is 24.3 Å². The predicted molar refractivity (Wildman–Crippen MR) is 96.9 cm³/mol. The van der Waals surface area contributed by atoms with Crippen LogP contribution in [-0.2, 0) is 14.3 Å². The number of rotatable bonds is 8. The van der Waals surface area contributed by atoms with E-state index in [1.165, 1.54) is 18.9 Å². The fourth-order valence-corrected chi connectivity index (χ4v) is 3.06. The van der Waals surface area contributed by atoms with Crippen LogP contribution in [0.3, 0.4) is 0 Å². The van der Waals surface area contributed by atoms with Crippen molar-refractivity contribution in [3.63, 3.8) is 0 Å². The Hall–Kier alpha value is -2.82. The molecular formula is C19H18N2O4S. The van der Waals surface area contributed by atoms with Crippen molar-refractivity contribution in [3.8, 4) is 6.07 Å². The molecule has 0 atom stereocenters. The number of ether oxygens (including phenoxy) is 2. The second kappa shape index (κ2) is 10.2. The molecule has 2 rings (SSSR count). The average molecular weight is 370 g/mol. The quantitative estimate of drug-likeness (QED) is 0.568. The number of hydrogen-bond donors (Lipinski definition) is 1. The minimum atomic E-state index is -0.593. The van der Waals surface area contributed by atoms with Gasteiger partial charge >= 0.3 is 5.97 Å². The monoisotopic (exact) mass is 370 g/mol. The van der Waals surface area contributed by atoms with Crippen molar-refractivity contribution in [3.05, 3.63) is 59.7 Å². The van der Waals surface area contributed by atoms with Gasteiger partial charge in [0.05, 0.1) is 17.7 Å². The van der Waals surface area contributed by atoms with E-state index in [-0.39, 0.29) is 6.61 Å². The van der Waals surface area contributed by atoms with Crippen LogP contribution in [0.25, 0.3) is 0 Å². The van der Waals surface area contributed by atoms with E-state index in [1.54, 1.807) is 36.4 Å². The molecule has 134 valence electrons. The Morgan fingerprint density at radius 1 is 1.12 bits per heavy atom. The van der Waals surface area contributed by atoms with E-state index in [1.807, 2.05) is 12.1 Å². The summed E-state index contributed by atoms with van der Waals surface area (Å²) in [7, 11) is 1.53. The molecule has 0 saturated heterocycles. The summed E-state index contributed by atoms with van der Waals surface area (Å²) in [6, 6.07) is 16.2. The molecule has 0 aliphatic heterocycles. The van der Waals surface area contributed by atoms with Crippen molar-refractivity contribution in [1.29, 1.82) is 5.26 Å². The first-order valence-corrected chi connectivity index (χ1v) is 8.66. The third-order valence-electron chi connectivity index (χ3n) is 3.30. The Bertz CT molecular complexity index is 817. The van der Waals surface area contributed by atoms with Gasteiger partial charge < -0.3 is 14.8 Å². The maximum absolute atomic E-state index is 12.3. The molecule has 1 amide bonds. The Morgan fingerprint density at radius 3 is 2.54 bits per heavy atom. The molecule has 0 saturated carbocycles. The van der Waals surface area contributed by atoms with Gasteiger partial charge in [0.1, 0.15) is 6.07 Å². The molecule has 0 aliphatic rings. The lowest BCUT2D eigenvalue weighted by molar-refractivity contribution is -0.124. The molecule has 0 spiro atoms. The van der Waals surface area contributed by atoms with E-state index in [2.05, 4.69) is 11.4 Å². The summed E-state index contributed by atoms with van der Waals surface area (Å²) in [4.78, 5) is 25.4. The van der Waals surface area contributed by atoms with E-state index < -0.39 is 11.9 Å². The van der Waals surface area contributed by atoms with E-state index in [0.29, 0.717) is 29.2 Å². The molecule has 0 heterocycles. The van der Waals surface area contributed by atoms with E-state index in [9.17, 15) is 14.9 Å². The lowest BCUT2D eigenvalue weighted by Gasteiger charge is -2.10. The standard InChI is InChI=1S/C19H18N2O4S/c1-24-11-10-21-18(22)13-25-19(23)15-7-3-5-9-17(15)26-16-8-4-2-6-14(16)12-20/h2-9H,10-11,13H2,1H3,(H,21,22). The number of nitrogens with one attached hydrogen (secondary N) is 1. The molecule has 0 aliphatic carbocycles. The van der Waals surface area contributed by atoms with Crippen LogP contribution in [0.15, 0.2) is 58.3 Å². The highest BCUT2D eigenvalue weighted by Gasteiger charge is 2.16. The summed E-state index contributed by atoms with van der Waals surface area (Å²) in [5.74, 6) is -0.986. The van der Waals surface area contributed by atoms with Gasteiger partial charge in [-0.2, -0.15) is 5.26 Å². The summed E-state index contributed by atoms with van der Waals surface area (Å²) in [6.45, 7) is 0.373. The fraction of sp³-hybridized carbons (Fsp3) is 0.211. The average Bonchev–Trinajstić information content (AvgIpc) is 2.67. The minimum Gasteiger partial charge on any atom is -0.452 e. The van der Waals surface area contributed by atoms with Crippen molar-refractivity contribution >= 4 is 23.6 Å². The smallest absolute Gasteiger partial charge is 0.339 e. The van der Waals surface area contributed by atoms with Crippen molar-refractivity contribution < 1.29 is 19.1 Å². The number of hydrogen-bond acceptors (Lipinski definition) is 6. The zero-order valence-corrected chi connectivity index (χ0v) is 15.0. The summed E-state index contributed by atoms with van der Waals surface area (Å²) in [6.07, 6.45) is 0. The van der Waals surface area contributed by atoms with Gasteiger partial charge in [-0.3, -0.25) is 4.79 Å². The zero-order valence-electron chi connectivity index (χ0n) is 14.2. The Morgan fingerprint density at radius 2 is 1.81 bits per heavy atom. The number of carbonyl (C=O) groups is 2. The molecule has 0 radical (unpaired) electrons. The van der Waals surface area contributed by atoms with Crippen LogP contribution in [0.5, 0.6) is 0 Å². The summed E-state index contributed by atoms with van der Waals surface area (Å²) in [5.41, 5.74) is 0.869. The molecule has 0 fully saturated rings. The van der Waals surface area contributed by atoms with Gasteiger partial charge in [0.15, 0.2) is 6.61 Å². The minimum absolute atomic E-state index is 0.343. The maximum atomic E-state index is 12.3. The first kappa shape index (κ1) is 19.5. The number of methoxy groups -OCH3 is 1. The highest BCUT2D eigenvalue weighted by atomic mass is 32.2. The van der Waals surface area contributed by atoms with Crippen molar-refractivity contribution in [1.82, 2.24) is 5.32 Å². The predicted octanol–water partition coefficient (Wildman–Crippen LogP) is 2.63. The first-order valence-electron chi connectivity index (χ1n) is 7.84.